The van der Waals surface area contributed by atoms with Crippen LogP contribution in [0.25, 0.3) is 0 Å². The highest BCUT2D eigenvalue weighted by Gasteiger charge is 2.35. The Labute approximate surface area is 241 Å². The van der Waals surface area contributed by atoms with Crippen LogP contribution in [0.1, 0.15) is 60.8 Å². The first-order valence-electron chi connectivity index (χ1n) is 13.9. The summed E-state index contributed by atoms with van der Waals surface area (Å²) in [5, 5.41) is 3.33. The third-order valence-electron chi connectivity index (χ3n) is 7.37. The van der Waals surface area contributed by atoms with Crippen molar-refractivity contribution < 1.29 is 17.9 Å². The van der Waals surface area contributed by atoms with Crippen LogP contribution >= 0.6 is 0 Å². The summed E-state index contributed by atoms with van der Waals surface area (Å²) in [6.07, 6.45) is 6.26. The first-order chi connectivity index (χ1) is 19.5. The largest absolute Gasteiger partial charge is 0.374 e. The summed E-state index contributed by atoms with van der Waals surface area (Å²) in [4.78, 5) is 31.0. The van der Waals surface area contributed by atoms with E-state index in [1.54, 1.807) is 6.07 Å². The molecule has 218 valence electrons. The normalized spacial score (nSPS) is 19.3. The maximum Gasteiger partial charge on any atom is 0.254 e. The number of aromatic nitrogens is 3. The molecule has 2 N–H and O–H groups in total. The molecule has 11 nitrogen and oxygen atoms in total. The molecule has 1 fully saturated rings. The topological polar surface area (TPSA) is 130 Å². The van der Waals surface area contributed by atoms with Gasteiger partial charge in [0.1, 0.15) is 5.82 Å². The molecule has 0 aliphatic carbocycles. The number of likely N-dealkylation sites (tertiary alicyclic amines) is 1. The number of anilines is 3. The van der Waals surface area contributed by atoms with Gasteiger partial charge >= 0.3 is 0 Å². The number of carbonyl (C=O) groups excluding carboxylic acids is 1. The first kappa shape index (κ1) is 28.9. The van der Waals surface area contributed by atoms with E-state index in [9.17, 15) is 13.2 Å². The lowest BCUT2D eigenvalue weighted by atomic mass is 9.96. The quantitative estimate of drug-likeness (QED) is 0.387. The fourth-order valence-electron chi connectivity index (χ4n) is 5.38. The first-order valence-corrected chi connectivity index (χ1v) is 15.7. The molecule has 4 heterocycles. The van der Waals surface area contributed by atoms with E-state index >= 15 is 0 Å². The van der Waals surface area contributed by atoms with Crippen LogP contribution < -0.4 is 10.0 Å². The van der Waals surface area contributed by atoms with Crippen molar-refractivity contribution in [1.82, 2.24) is 24.8 Å². The number of sulfonamides is 1. The summed E-state index contributed by atoms with van der Waals surface area (Å²) in [6.45, 7) is 8.80. The maximum absolute atomic E-state index is 13.3. The lowest BCUT2D eigenvalue weighted by Crippen LogP contribution is -2.50. The van der Waals surface area contributed by atoms with Gasteiger partial charge < -0.3 is 15.0 Å². The number of pyridine rings is 1. The molecule has 1 saturated heterocycles. The van der Waals surface area contributed by atoms with Crippen molar-refractivity contribution in [2.75, 3.05) is 22.8 Å². The van der Waals surface area contributed by atoms with E-state index in [-0.39, 0.29) is 23.9 Å². The van der Waals surface area contributed by atoms with E-state index in [0.717, 1.165) is 54.7 Å². The van der Waals surface area contributed by atoms with Crippen molar-refractivity contribution in [3.05, 3.63) is 71.2 Å². The summed E-state index contributed by atoms with van der Waals surface area (Å²) in [5.41, 5.74) is 4.58. The molecule has 41 heavy (non-hydrogen) atoms. The van der Waals surface area contributed by atoms with Crippen LogP contribution in [0.4, 0.5) is 17.5 Å². The second-order valence-electron chi connectivity index (χ2n) is 11.1. The SMILES string of the molecule is CC(C)OCc1cccc(Nc2ncc3c(n2)CN([C@H]2CCN(C(=O)c4ccnc(NS(C)(=O)=O)c4)[C@H](C)C2)C3)c1. The molecule has 0 unspecified atom stereocenters. The molecule has 5 rings (SSSR count). The Morgan fingerprint density at radius 1 is 1.17 bits per heavy atom. The number of fused-ring (bicyclic) bond motifs is 1. The Balaban J connectivity index is 1.18. The van der Waals surface area contributed by atoms with Gasteiger partial charge in [0.2, 0.25) is 16.0 Å². The molecule has 0 bridgehead atoms. The summed E-state index contributed by atoms with van der Waals surface area (Å²) in [6, 6.07) is 11.5. The molecule has 2 aliphatic heterocycles. The molecule has 0 spiro atoms. The predicted molar refractivity (Wildman–Crippen MR) is 157 cm³/mol. The van der Waals surface area contributed by atoms with Gasteiger partial charge in [-0.05, 0) is 63.4 Å². The minimum atomic E-state index is -3.48. The number of nitrogens with one attached hydrogen (secondary N) is 2. The van der Waals surface area contributed by atoms with Gasteiger partial charge in [0.15, 0.2) is 0 Å². The molecule has 1 amide bonds. The Morgan fingerprint density at radius 2 is 2.00 bits per heavy atom. The number of ether oxygens (including phenoxy) is 1. The van der Waals surface area contributed by atoms with Crippen LogP contribution in [-0.4, -0.2) is 70.1 Å². The summed E-state index contributed by atoms with van der Waals surface area (Å²) in [7, 11) is -3.48. The Morgan fingerprint density at radius 3 is 2.76 bits per heavy atom. The van der Waals surface area contributed by atoms with Crippen molar-refractivity contribution in [2.45, 2.75) is 71.5 Å². The zero-order valence-corrected chi connectivity index (χ0v) is 24.7. The standard InChI is InChI=1S/C29H37N7O4S/c1-19(2)40-18-21-6-5-7-24(13-21)32-29-31-15-23-16-35(17-26(23)33-29)25-9-11-36(20(3)12-25)28(37)22-8-10-30-27(14-22)34-41(4,38)39/h5-8,10,13-15,19-20,25H,9,11-12,16-18H2,1-4H3,(H,30,34)(H,31,32,33)/t20-,25+/m1/s1. The smallest absolute Gasteiger partial charge is 0.254 e. The van der Waals surface area contributed by atoms with Gasteiger partial charge in [-0.2, -0.15) is 0 Å². The van der Waals surface area contributed by atoms with E-state index in [1.807, 2.05) is 43.1 Å². The number of amides is 1. The van der Waals surface area contributed by atoms with E-state index in [0.29, 0.717) is 30.7 Å². The van der Waals surface area contributed by atoms with E-state index < -0.39 is 10.0 Å². The van der Waals surface area contributed by atoms with Crippen LogP contribution in [0.2, 0.25) is 0 Å². The number of piperidine rings is 1. The molecule has 2 aliphatic rings. The highest BCUT2D eigenvalue weighted by molar-refractivity contribution is 7.92. The molecule has 0 radical (unpaired) electrons. The van der Waals surface area contributed by atoms with Crippen molar-refractivity contribution in [2.24, 2.45) is 0 Å². The number of benzene rings is 1. The fourth-order valence-corrected chi connectivity index (χ4v) is 5.87. The highest BCUT2D eigenvalue weighted by atomic mass is 32.2. The fraction of sp³-hybridized carbons (Fsp3) is 0.448. The van der Waals surface area contributed by atoms with E-state index in [4.69, 9.17) is 9.72 Å². The number of hydrogen-bond acceptors (Lipinski definition) is 9. The zero-order valence-electron chi connectivity index (χ0n) is 23.9. The van der Waals surface area contributed by atoms with Crippen LogP contribution in [0.3, 0.4) is 0 Å². The van der Waals surface area contributed by atoms with Gasteiger partial charge in [-0.15, -0.1) is 0 Å². The van der Waals surface area contributed by atoms with Gasteiger partial charge in [0.25, 0.3) is 5.91 Å². The molecule has 0 saturated carbocycles. The van der Waals surface area contributed by atoms with Gasteiger partial charge in [0.05, 0.1) is 24.7 Å². The molecule has 1 aromatic carbocycles. The number of nitrogens with zero attached hydrogens (tertiary/aromatic N) is 5. The van der Waals surface area contributed by atoms with Crippen molar-refractivity contribution >= 4 is 33.4 Å². The summed E-state index contributed by atoms with van der Waals surface area (Å²) >= 11 is 0. The summed E-state index contributed by atoms with van der Waals surface area (Å²) in [5.74, 6) is 0.586. The summed E-state index contributed by atoms with van der Waals surface area (Å²) < 4.78 is 31.2. The maximum atomic E-state index is 13.3. The van der Waals surface area contributed by atoms with Crippen LogP contribution in [0.5, 0.6) is 0 Å². The molecular formula is C29H37N7O4S. The Hall–Kier alpha value is -3.61. The van der Waals surface area contributed by atoms with E-state index in [2.05, 4.69) is 37.9 Å². The van der Waals surface area contributed by atoms with Gasteiger partial charge in [-0.1, -0.05) is 12.1 Å². The van der Waals surface area contributed by atoms with Crippen LogP contribution in [0, 0.1) is 0 Å². The van der Waals surface area contributed by atoms with Gasteiger partial charge in [-0.3, -0.25) is 14.4 Å². The third kappa shape index (κ3) is 7.38. The lowest BCUT2D eigenvalue weighted by Gasteiger charge is -2.41. The second kappa shape index (κ2) is 12.1. The molecule has 3 aromatic rings. The zero-order chi connectivity index (χ0) is 29.1. The average Bonchev–Trinajstić information content (AvgIpc) is 3.34. The van der Waals surface area contributed by atoms with Crippen molar-refractivity contribution in [3.63, 3.8) is 0 Å². The van der Waals surface area contributed by atoms with Gasteiger partial charge in [0, 0.05) is 60.9 Å². The number of hydrogen-bond donors (Lipinski definition) is 2. The minimum Gasteiger partial charge on any atom is -0.374 e. The molecule has 12 heteroatoms. The monoisotopic (exact) mass is 579 g/mol. The van der Waals surface area contributed by atoms with Crippen molar-refractivity contribution in [3.8, 4) is 0 Å². The molecular weight excluding hydrogens is 542 g/mol. The highest BCUT2D eigenvalue weighted by Crippen LogP contribution is 2.31. The van der Waals surface area contributed by atoms with Crippen LogP contribution in [0.15, 0.2) is 48.8 Å². The second-order valence-corrected chi connectivity index (χ2v) is 12.8. The number of carbonyl (C=O) groups is 1. The van der Waals surface area contributed by atoms with Crippen LogP contribution in [-0.2, 0) is 34.5 Å². The predicted octanol–water partition coefficient (Wildman–Crippen LogP) is 3.92. The average molecular weight is 580 g/mol. The van der Waals surface area contributed by atoms with Gasteiger partial charge in [-0.25, -0.2) is 23.4 Å². The Kier molecular flexibility index (Phi) is 8.52. The molecule has 2 aromatic heterocycles. The number of rotatable bonds is 9. The van der Waals surface area contributed by atoms with Crippen molar-refractivity contribution in [1.29, 1.82) is 0 Å². The molecule has 2 atom stereocenters. The minimum absolute atomic E-state index is 0.0275. The lowest BCUT2D eigenvalue weighted by molar-refractivity contribution is 0.0460. The van der Waals surface area contributed by atoms with E-state index in [1.165, 1.54) is 12.3 Å². The third-order valence-corrected chi connectivity index (χ3v) is 7.95. The Bertz CT molecular complexity index is 1510.